The number of hydrogen-bond acceptors (Lipinski definition) is 5. The zero-order valence-electron chi connectivity index (χ0n) is 18.2. The van der Waals surface area contributed by atoms with Crippen LogP contribution in [-0.4, -0.2) is 18.2 Å². The first kappa shape index (κ1) is 24.5. The van der Waals surface area contributed by atoms with Crippen molar-refractivity contribution in [2.75, 3.05) is 7.11 Å². The third-order valence-corrected chi connectivity index (χ3v) is 6.63. The summed E-state index contributed by atoms with van der Waals surface area (Å²) in [6.07, 6.45) is 1.73. The number of aliphatic imine (C=N–C) groups is 1. The summed E-state index contributed by atoms with van der Waals surface area (Å²) in [6, 6.07) is 16.4. The maximum atomic E-state index is 12.5. The summed E-state index contributed by atoms with van der Waals surface area (Å²) in [4.78, 5) is 17.4. The quantitative estimate of drug-likeness (QED) is 0.335. The number of rotatable bonds is 6. The Balaban J connectivity index is 1.53. The fourth-order valence-electron chi connectivity index (χ4n) is 3.12. The fraction of sp³-hybridized carbons (Fsp3) is 0.120. The molecule has 0 aliphatic carbocycles. The number of thioether (sulfide) groups is 1. The minimum absolute atomic E-state index is 0.184. The highest BCUT2D eigenvalue weighted by Gasteiger charge is 2.24. The van der Waals surface area contributed by atoms with Crippen molar-refractivity contribution in [1.29, 1.82) is 0 Å². The van der Waals surface area contributed by atoms with Crippen LogP contribution in [0.4, 0.5) is 5.69 Å². The molecule has 5 nitrogen and oxygen atoms in total. The summed E-state index contributed by atoms with van der Waals surface area (Å²) in [7, 11) is 1.52. The van der Waals surface area contributed by atoms with Crippen LogP contribution < -0.4 is 14.8 Å². The van der Waals surface area contributed by atoms with Gasteiger partial charge in [0.1, 0.15) is 6.61 Å². The second kappa shape index (κ2) is 10.7. The molecule has 4 rings (SSSR count). The third-order valence-electron chi connectivity index (χ3n) is 4.85. The minimum Gasteiger partial charge on any atom is -0.493 e. The molecule has 1 N–H and O–H groups in total. The summed E-state index contributed by atoms with van der Waals surface area (Å²) < 4.78 is 11.4. The second-order valence-corrected chi connectivity index (χ2v) is 9.66. The molecule has 0 radical (unpaired) electrons. The van der Waals surface area contributed by atoms with Gasteiger partial charge in [-0.2, -0.15) is 0 Å². The summed E-state index contributed by atoms with van der Waals surface area (Å²) >= 11 is 19.9. The highest BCUT2D eigenvalue weighted by molar-refractivity contribution is 8.18. The number of nitrogens with zero attached hydrogens (tertiary/aromatic N) is 1. The smallest absolute Gasteiger partial charge is 0.264 e. The highest BCUT2D eigenvalue weighted by atomic mass is 35.5. The van der Waals surface area contributed by atoms with Gasteiger partial charge in [0.05, 0.1) is 22.7 Å². The lowest BCUT2D eigenvalue weighted by Gasteiger charge is -2.14. The number of aryl methyl sites for hydroxylation is 1. The van der Waals surface area contributed by atoms with Crippen LogP contribution in [0.5, 0.6) is 11.5 Å². The molecular formula is C25H19Cl3N2O3S. The molecule has 9 heteroatoms. The van der Waals surface area contributed by atoms with Crippen LogP contribution >= 0.6 is 46.6 Å². The van der Waals surface area contributed by atoms with E-state index in [9.17, 15) is 4.79 Å². The third kappa shape index (κ3) is 5.88. The Labute approximate surface area is 216 Å². The van der Waals surface area contributed by atoms with Gasteiger partial charge in [-0.25, -0.2) is 4.99 Å². The van der Waals surface area contributed by atoms with Crippen molar-refractivity contribution >= 4 is 69.4 Å². The van der Waals surface area contributed by atoms with Crippen LogP contribution in [-0.2, 0) is 11.4 Å². The van der Waals surface area contributed by atoms with Gasteiger partial charge in [0.25, 0.3) is 5.91 Å². The summed E-state index contributed by atoms with van der Waals surface area (Å²) in [5, 5.41) is 4.68. The van der Waals surface area contributed by atoms with Crippen LogP contribution in [0, 0.1) is 6.92 Å². The standard InChI is InChI=1S/C25H19Cl3N2O3S/c1-14-3-7-18(8-4-14)29-25-30-24(31)22(34-25)11-15-9-20(28)23(21(10-15)32-2)33-13-16-5-6-17(26)12-19(16)27/h3-12H,13H2,1-2H3,(H,29,30,31)/b22-11-. The lowest BCUT2D eigenvalue weighted by molar-refractivity contribution is -0.115. The lowest BCUT2D eigenvalue weighted by atomic mass is 10.1. The summed E-state index contributed by atoms with van der Waals surface area (Å²) in [5.41, 5.74) is 3.35. The number of methoxy groups -OCH3 is 1. The number of amidine groups is 1. The number of hydrogen-bond donors (Lipinski definition) is 1. The molecule has 1 fully saturated rings. The maximum absolute atomic E-state index is 12.5. The van der Waals surface area contributed by atoms with E-state index in [1.54, 1.807) is 36.4 Å². The van der Waals surface area contributed by atoms with Gasteiger partial charge < -0.3 is 14.8 Å². The predicted octanol–water partition coefficient (Wildman–Crippen LogP) is 7.43. The van der Waals surface area contributed by atoms with E-state index in [4.69, 9.17) is 44.3 Å². The van der Waals surface area contributed by atoms with Crippen LogP contribution in [0.1, 0.15) is 16.7 Å². The van der Waals surface area contributed by atoms with E-state index in [2.05, 4.69) is 10.3 Å². The molecule has 34 heavy (non-hydrogen) atoms. The van der Waals surface area contributed by atoms with Crippen molar-refractivity contribution in [2.45, 2.75) is 13.5 Å². The van der Waals surface area contributed by atoms with Crippen molar-refractivity contribution in [3.8, 4) is 11.5 Å². The van der Waals surface area contributed by atoms with E-state index < -0.39 is 0 Å². The molecule has 0 aromatic heterocycles. The van der Waals surface area contributed by atoms with Crippen molar-refractivity contribution in [1.82, 2.24) is 5.32 Å². The molecule has 1 heterocycles. The number of nitrogens with one attached hydrogen (secondary N) is 1. The summed E-state index contributed by atoms with van der Waals surface area (Å²) in [5.74, 6) is 0.576. The van der Waals surface area contributed by atoms with E-state index in [0.717, 1.165) is 16.8 Å². The van der Waals surface area contributed by atoms with Gasteiger partial charge in [-0.15, -0.1) is 0 Å². The molecule has 3 aromatic carbocycles. The maximum Gasteiger partial charge on any atom is 0.264 e. The Kier molecular flexibility index (Phi) is 7.73. The zero-order chi connectivity index (χ0) is 24.2. The topological polar surface area (TPSA) is 59.9 Å². The van der Waals surface area contributed by atoms with E-state index in [1.165, 1.54) is 18.9 Å². The van der Waals surface area contributed by atoms with Crippen LogP contribution in [0.15, 0.2) is 64.5 Å². The van der Waals surface area contributed by atoms with Gasteiger partial charge >= 0.3 is 0 Å². The normalized spacial score (nSPS) is 15.6. The molecule has 0 atom stereocenters. The predicted molar refractivity (Wildman–Crippen MR) is 141 cm³/mol. The first-order chi connectivity index (χ1) is 16.3. The molecule has 1 amide bonds. The lowest BCUT2D eigenvalue weighted by Crippen LogP contribution is -2.19. The zero-order valence-corrected chi connectivity index (χ0v) is 21.3. The number of halogens is 3. The van der Waals surface area contributed by atoms with Crippen molar-refractivity contribution in [2.24, 2.45) is 4.99 Å². The van der Waals surface area contributed by atoms with Crippen LogP contribution in [0.3, 0.4) is 0 Å². The molecule has 1 saturated heterocycles. The van der Waals surface area contributed by atoms with Gasteiger partial charge in [-0.3, -0.25) is 4.79 Å². The number of benzene rings is 3. The molecule has 174 valence electrons. The van der Waals surface area contributed by atoms with Crippen LogP contribution in [0.2, 0.25) is 15.1 Å². The van der Waals surface area contributed by atoms with Gasteiger partial charge in [0.15, 0.2) is 16.7 Å². The highest BCUT2D eigenvalue weighted by Crippen LogP contribution is 2.39. The Morgan fingerprint density at radius 2 is 1.79 bits per heavy atom. The Hall–Kier alpha value is -2.64. The molecule has 0 saturated carbocycles. The van der Waals surface area contributed by atoms with E-state index >= 15 is 0 Å². The molecule has 1 aliphatic heterocycles. The number of carbonyl (C=O) groups is 1. The van der Waals surface area contributed by atoms with Gasteiger partial charge in [-0.1, -0.05) is 58.6 Å². The van der Waals surface area contributed by atoms with E-state index in [1.807, 2.05) is 31.2 Å². The van der Waals surface area contributed by atoms with Crippen molar-refractivity contribution < 1.29 is 14.3 Å². The first-order valence-corrected chi connectivity index (χ1v) is 12.1. The van der Waals surface area contributed by atoms with Crippen LogP contribution in [0.25, 0.3) is 6.08 Å². The first-order valence-electron chi connectivity index (χ1n) is 10.1. The van der Waals surface area contributed by atoms with Gasteiger partial charge in [0.2, 0.25) is 0 Å². The molecular weight excluding hydrogens is 515 g/mol. The van der Waals surface area contributed by atoms with Crippen molar-refractivity contribution in [3.05, 3.63) is 91.3 Å². The monoisotopic (exact) mass is 532 g/mol. The van der Waals surface area contributed by atoms with Gasteiger partial charge in [-0.05, 0) is 66.7 Å². The number of amides is 1. The number of ether oxygens (including phenoxy) is 2. The van der Waals surface area contributed by atoms with E-state index in [-0.39, 0.29) is 12.5 Å². The Morgan fingerprint density at radius 1 is 1.03 bits per heavy atom. The molecule has 1 aliphatic rings. The molecule has 0 unspecified atom stereocenters. The van der Waals surface area contributed by atoms with Crippen molar-refractivity contribution in [3.63, 3.8) is 0 Å². The molecule has 0 spiro atoms. The summed E-state index contributed by atoms with van der Waals surface area (Å²) in [6.45, 7) is 2.19. The van der Waals surface area contributed by atoms with Gasteiger partial charge in [0, 0.05) is 15.6 Å². The average molecular weight is 534 g/mol. The second-order valence-electron chi connectivity index (χ2n) is 7.38. The fourth-order valence-corrected chi connectivity index (χ4v) is 4.70. The largest absolute Gasteiger partial charge is 0.493 e. The SMILES string of the molecule is COc1cc(/C=C2\SC(=Nc3ccc(C)cc3)NC2=O)cc(Cl)c1OCc1ccc(Cl)cc1Cl. The Bertz CT molecular complexity index is 1310. The average Bonchev–Trinajstić information content (AvgIpc) is 3.13. The number of carbonyl (C=O) groups excluding carboxylic acids is 1. The molecule has 0 bridgehead atoms. The van der Waals surface area contributed by atoms with E-state index in [0.29, 0.717) is 42.2 Å². The molecule has 3 aromatic rings. The Morgan fingerprint density at radius 3 is 2.50 bits per heavy atom. The minimum atomic E-state index is -0.233.